The Morgan fingerprint density at radius 3 is 2.81 bits per heavy atom. The first kappa shape index (κ1) is 16.3. The van der Waals surface area contributed by atoms with Gasteiger partial charge in [0.25, 0.3) is 5.78 Å². The molecular weight excluding hydrogens is 334 g/mol. The molecule has 0 spiro atoms. The summed E-state index contributed by atoms with van der Waals surface area (Å²) < 4.78 is 1.67. The summed E-state index contributed by atoms with van der Waals surface area (Å²) >= 11 is 0. The highest BCUT2D eigenvalue weighted by Gasteiger charge is 2.52. The van der Waals surface area contributed by atoms with Crippen molar-refractivity contribution in [2.45, 2.75) is 26.3 Å². The Bertz CT molecular complexity index is 1060. The minimum atomic E-state index is -1.63. The van der Waals surface area contributed by atoms with Gasteiger partial charge in [0.1, 0.15) is 11.2 Å². The molecule has 2 N–H and O–H groups in total. The van der Waals surface area contributed by atoms with Crippen LogP contribution in [0.5, 0.6) is 0 Å². The molecule has 0 aliphatic heterocycles. The number of imidazole rings is 1. The van der Waals surface area contributed by atoms with E-state index in [-0.39, 0.29) is 13.0 Å². The molecule has 132 valence electrons. The fourth-order valence-electron chi connectivity index (χ4n) is 3.84. The number of H-pyrrole nitrogens is 1. The van der Waals surface area contributed by atoms with Crippen molar-refractivity contribution in [3.63, 3.8) is 0 Å². The van der Waals surface area contributed by atoms with Crippen LogP contribution in [0.1, 0.15) is 28.3 Å². The molecule has 1 atom stereocenters. The van der Waals surface area contributed by atoms with Gasteiger partial charge in [-0.2, -0.15) is 0 Å². The molecule has 0 amide bonds. The van der Waals surface area contributed by atoms with Gasteiger partial charge in [0.2, 0.25) is 0 Å². The van der Waals surface area contributed by atoms with Crippen molar-refractivity contribution >= 4 is 28.4 Å². The Balaban J connectivity index is 1.90. The summed E-state index contributed by atoms with van der Waals surface area (Å²) in [5.41, 5.74) is 0.365. The molecule has 1 unspecified atom stereocenters. The molecule has 1 aliphatic carbocycles. The number of hydrogen-bond acceptors (Lipinski definition) is 4. The minimum absolute atomic E-state index is 0.0260. The van der Waals surface area contributed by atoms with Crippen LogP contribution in [0, 0.1) is 12.3 Å². The van der Waals surface area contributed by atoms with E-state index in [0.29, 0.717) is 17.8 Å². The van der Waals surface area contributed by atoms with Crippen LogP contribution in [0.3, 0.4) is 0 Å². The van der Waals surface area contributed by atoms with Crippen LogP contribution in [-0.2, 0) is 22.6 Å². The zero-order valence-corrected chi connectivity index (χ0v) is 14.2. The number of aliphatic carboxylic acids is 1. The van der Waals surface area contributed by atoms with Crippen molar-refractivity contribution in [1.29, 1.82) is 0 Å². The summed E-state index contributed by atoms with van der Waals surface area (Å²) in [7, 11) is 0. The van der Waals surface area contributed by atoms with Gasteiger partial charge in [0.05, 0.1) is 0 Å². The topological polar surface area (TPSA) is 105 Å². The van der Waals surface area contributed by atoms with Gasteiger partial charge in [0.15, 0.2) is 5.78 Å². The third kappa shape index (κ3) is 2.20. The molecule has 0 radical (unpaired) electrons. The predicted octanol–water partition coefficient (Wildman–Crippen LogP) is 2.14. The maximum absolute atomic E-state index is 13.5. The molecule has 1 aliphatic rings. The molecule has 2 aromatic heterocycles. The number of nitrogens with zero attached hydrogens (tertiary/aromatic N) is 2. The summed E-state index contributed by atoms with van der Waals surface area (Å²) in [6.07, 6.45) is 3.81. The summed E-state index contributed by atoms with van der Waals surface area (Å²) in [6.45, 7) is 1.73. The van der Waals surface area contributed by atoms with Crippen molar-refractivity contribution in [3.05, 3.63) is 53.7 Å². The van der Waals surface area contributed by atoms with Crippen molar-refractivity contribution < 1.29 is 19.5 Å². The van der Waals surface area contributed by atoms with Gasteiger partial charge in [-0.25, -0.2) is 9.78 Å². The van der Waals surface area contributed by atoms with E-state index < -0.39 is 23.0 Å². The minimum Gasteiger partial charge on any atom is -0.475 e. The van der Waals surface area contributed by atoms with Crippen molar-refractivity contribution in [2.24, 2.45) is 5.41 Å². The number of benzene rings is 1. The van der Waals surface area contributed by atoms with Gasteiger partial charge in [-0.1, -0.05) is 18.2 Å². The lowest BCUT2D eigenvalue weighted by molar-refractivity contribution is -0.153. The number of carbonyl (C=O) groups is 3. The molecule has 0 fully saturated rings. The van der Waals surface area contributed by atoms with Gasteiger partial charge in [0, 0.05) is 41.1 Å². The Labute approximate surface area is 148 Å². The van der Waals surface area contributed by atoms with Crippen LogP contribution in [0.25, 0.3) is 10.9 Å². The van der Waals surface area contributed by atoms with Gasteiger partial charge < -0.3 is 14.7 Å². The molecular formula is C19H17N3O4. The highest BCUT2D eigenvalue weighted by molar-refractivity contribution is 6.41. The van der Waals surface area contributed by atoms with E-state index in [1.165, 1.54) is 0 Å². The smallest absolute Gasteiger partial charge is 0.373 e. The number of carboxylic acids is 1. The number of nitrogens with one attached hydrogen (secondary N) is 1. The normalized spacial score (nSPS) is 19.5. The zero-order chi connectivity index (χ0) is 18.5. The Kier molecular flexibility index (Phi) is 3.54. The van der Waals surface area contributed by atoms with E-state index >= 15 is 0 Å². The highest BCUT2D eigenvalue weighted by Crippen LogP contribution is 2.41. The monoisotopic (exact) mass is 351 g/mol. The standard InChI is InChI=1S/C19H17N3O4/c1-11-20-8-9-22(11)10-19(17(24)18(25)26)7-6-14-15(16(19)23)12-4-2-3-5-13(12)21-14/h2-5,8-9,21H,6-7,10H2,1H3,(H,25,26). The molecule has 0 saturated carbocycles. The molecule has 0 saturated heterocycles. The number of hydrogen-bond donors (Lipinski definition) is 2. The molecule has 2 heterocycles. The van der Waals surface area contributed by atoms with Crippen LogP contribution in [0.4, 0.5) is 0 Å². The second-order valence-corrected chi connectivity index (χ2v) is 6.67. The number of aryl methyl sites for hydroxylation is 2. The van der Waals surface area contributed by atoms with E-state index in [1.807, 2.05) is 24.3 Å². The van der Waals surface area contributed by atoms with Gasteiger partial charge in [-0.3, -0.25) is 9.59 Å². The first-order valence-electron chi connectivity index (χ1n) is 8.34. The van der Waals surface area contributed by atoms with E-state index in [9.17, 15) is 19.5 Å². The number of para-hydroxylation sites is 1. The Morgan fingerprint density at radius 2 is 2.12 bits per heavy atom. The second kappa shape index (κ2) is 5.66. The van der Waals surface area contributed by atoms with Crippen LogP contribution >= 0.6 is 0 Å². The predicted molar refractivity (Wildman–Crippen MR) is 93.0 cm³/mol. The average molecular weight is 351 g/mol. The first-order chi connectivity index (χ1) is 12.4. The fraction of sp³-hybridized carbons (Fsp3) is 0.263. The summed E-state index contributed by atoms with van der Waals surface area (Å²) in [5.74, 6) is -2.46. The number of aromatic amines is 1. The zero-order valence-electron chi connectivity index (χ0n) is 14.2. The number of carboxylic acid groups (broad SMARTS) is 1. The highest BCUT2D eigenvalue weighted by atomic mass is 16.4. The summed E-state index contributed by atoms with van der Waals surface area (Å²) in [4.78, 5) is 45.0. The molecule has 7 nitrogen and oxygen atoms in total. The fourth-order valence-corrected chi connectivity index (χ4v) is 3.84. The maximum atomic E-state index is 13.5. The first-order valence-corrected chi connectivity index (χ1v) is 8.34. The average Bonchev–Trinajstić information content (AvgIpc) is 3.20. The van der Waals surface area contributed by atoms with Crippen LogP contribution < -0.4 is 0 Å². The van der Waals surface area contributed by atoms with Crippen molar-refractivity contribution in [1.82, 2.24) is 14.5 Å². The molecule has 7 heteroatoms. The summed E-state index contributed by atoms with van der Waals surface area (Å²) in [5, 5.41) is 10.1. The van der Waals surface area contributed by atoms with E-state index in [4.69, 9.17) is 0 Å². The van der Waals surface area contributed by atoms with Crippen LogP contribution in [-0.4, -0.2) is 37.2 Å². The van der Waals surface area contributed by atoms with Crippen molar-refractivity contribution in [2.75, 3.05) is 0 Å². The quantitative estimate of drug-likeness (QED) is 0.553. The number of aromatic nitrogens is 3. The second-order valence-electron chi connectivity index (χ2n) is 6.67. The molecule has 1 aromatic carbocycles. The summed E-state index contributed by atoms with van der Waals surface area (Å²) in [6, 6.07) is 7.35. The van der Waals surface area contributed by atoms with E-state index in [2.05, 4.69) is 9.97 Å². The largest absolute Gasteiger partial charge is 0.475 e. The lowest BCUT2D eigenvalue weighted by Crippen LogP contribution is -2.49. The number of ketones is 2. The van der Waals surface area contributed by atoms with Crippen molar-refractivity contribution in [3.8, 4) is 0 Å². The van der Waals surface area contributed by atoms with Crippen LogP contribution in [0.2, 0.25) is 0 Å². The molecule has 3 aromatic rings. The Hall–Kier alpha value is -3.22. The maximum Gasteiger partial charge on any atom is 0.373 e. The number of Topliss-reactive ketones (excluding diaryl/α,β-unsaturated/α-hetero) is 2. The molecule has 0 bridgehead atoms. The third-order valence-electron chi connectivity index (χ3n) is 5.24. The molecule has 4 rings (SSSR count). The van der Waals surface area contributed by atoms with E-state index in [1.54, 1.807) is 23.9 Å². The number of fused-ring (bicyclic) bond motifs is 3. The SMILES string of the molecule is Cc1nccn1CC1(C(=O)C(=O)O)CCc2[nH]c3ccccc3c2C1=O. The van der Waals surface area contributed by atoms with Gasteiger partial charge in [-0.15, -0.1) is 0 Å². The van der Waals surface area contributed by atoms with Gasteiger partial charge in [-0.05, 0) is 25.8 Å². The third-order valence-corrected chi connectivity index (χ3v) is 5.24. The van der Waals surface area contributed by atoms with Crippen LogP contribution in [0.15, 0.2) is 36.7 Å². The molecule has 26 heavy (non-hydrogen) atoms. The lowest BCUT2D eigenvalue weighted by atomic mass is 9.68. The Morgan fingerprint density at radius 1 is 1.35 bits per heavy atom. The van der Waals surface area contributed by atoms with Gasteiger partial charge >= 0.3 is 5.97 Å². The van der Waals surface area contributed by atoms with E-state index in [0.717, 1.165) is 16.6 Å². The number of rotatable bonds is 4. The lowest BCUT2D eigenvalue weighted by Gasteiger charge is -2.33. The number of carbonyl (C=O) groups excluding carboxylic acids is 2.